The SMILES string of the molecule is CCn1c(SC2CCCc3ccccc3C2=O)nc2cc(S(N)(=O)=O)ccc21. The van der Waals surface area contributed by atoms with Gasteiger partial charge in [0.05, 0.1) is 21.2 Å². The zero-order chi connectivity index (χ0) is 19.9. The Bertz CT molecular complexity index is 1170. The van der Waals surface area contributed by atoms with Crippen LogP contribution in [-0.2, 0) is 23.0 Å². The Kier molecular flexibility index (Phi) is 5.03. The van der Waals surface area contributed by atoms with Crippen molar-refractivity contribution in [3.05, 3.63) is 53.6 Å². The van der Waals surface area contributed by atoms with Gasteiger partial charge in [0.25, 0.3) is 0 Å². The molecular formula is C20H21N3O3S2. The van der Waals surface area contributed by atoms with Gasteiger partial charge in [-0.3, -0.25) is 4.79 Å². The van der Waals surface area contributed by atoms with Gasteiger partial charge in [-0.05, 0) is 49.9 Å². The molecule has 0 aliphatic heterocycles. The second-order valence-corrected chi connectivity index (χ2v) is 9.59. The van der Waals surface area contributed by atoms with Gasteiger partial charge in [-0.2, -0.15) is 0 Å². The van der Waals surface area contributed by atoms with Gasteiger partial charge in [0, 0.05) is 12.1 Å². The molecule has 28 heavy (non-hydrogen) atoms. The van der Waals surface area contributed by atoms with E-state index in [1.54, 1.807) is 6.07 Å². The molecule has 6 nitrogen and oxygen atoms in total. The van der Waals surface area contributed by atoms with E-state index in [0.29, 0.717) is 12.1 Å². The van der Waals surface area contributed by atoms with Gasteiger partial charge >= 0.3 is 0 Å². The quantitative estimate of drug-likeness (QED) is 0.659. The number of nitrogens with zero attached hydrogens (tertiary/aromatic N) is 2. The molecule has 1 unspecified atom stereocenters. The van der Waals surface area contributed by atoms with Crippen LogP contribution < -0.4 is 5.14 Å². The van der Waals surface area contributed by atoms with Crippen LogP contribution in [0.1, 0.15) is 35.7 Å². The Morgan fingerprint density at radius 2 is 2.04 bits per heavy atom. The predicted octanol–water partition coefficient (Wildman–Crippen LogP) is 3.38. The molecule has 1 aliphatic rings. The third kappa shape index (κ3) is 3.47. The van der Waals surface area contributed by atoms with Crippen molar-refractivity contribution >= 4 is 38.6 Å². The standard InChI is InChI=1S/C20H21N3O3S2/c1-2-23-17-11-10-14(28(21,25)26)12-16(17)22-20(23)27-18-9-5-7-13-6-3-4-8-15(13)19(18)24/h3-4,6,8,10-12,18H,2,5,7,9H2,1H3,(H2,21,25,26). The molecule has 1 aliphatic carbocycles. The van der Waals surface area contributed by atoms with Gasteiger partial charge in [0.2, 0.25) is 10.0 Å². The molecule has 0 amide bonds. The molecule has 2 N–H and O–H groups in total. The number of primary sulfonamides is 1. The number of hydrogen-bond donors (Lipinski definition) is 1. The highest BCUT2D eigenvalue weighted by Gasteiger charge is 2.28. The number of fused-ring (bicyclic) bond motifs is 2. The van der Waals surface area contributed by atoms with Gasteiger partial charge in [-0.25, -0.2) is 18.5 Å². The fraction of sp³-hybridized carbons (Fsp3) is 0.300. The smallest absolute Gasteiger partial charge is 0.238 e. The van der Waals surface area contributed by atoms with E-state index in [2.05, 4.69) is 4.98 Å². The number of carbonyl (C=O) groups is 1. The first-order valence-electron chi connectivity index (χ1n) is 9.20. The lowest BCUT2D eigenvalue weighted by Crippen LogP contribution is -2.17. The Hall–Kier alpha value is -2.16. The molecule has 4 rings (SSSR count). The molecule has 0 spiro atoms. The number of sulfonamides is 1. The number of Topliss-reactive ketones (excluding diaryl/α,β-unsaturated/α-hetero) is 1. The molecule has 0 radical (unpaired) electrons. The zero-order valence-electron chi connectivity index (χ0n) is 15.5. The van der Waals surface area contributed by atoms with Crippen LogP contribution in [0.3, 0.4) is 0 Å². The third-order valence-electron chi connectivity index (χ3n) is 5.06. The van der Waals surface area contributed by atoms with Crippen molar-refractivity contribution in [3.8, 4) is 0 Å². The summed E-state index contributed by atoms with van der Waals surface area (Å²) in [4.78, 5) is 17.8. The van der Waals surface area contributed by atoms with E-state index < -0.39 is 10.0 Å². The molecule has 0 saturated heterocycles. The minimum absolute atomic E-state index is 0.0387. The number of aryl methyl sites for hydroxylation is 2. The molecule has 1 aromatic heterocycles. The van der Waals surface area contributed by atoms with Crippen LogP contribution in [0.5, 0.6) is 0 Å². The van der Waals surface area contributed by atoms with E-state index in [9.17, 15) is 13.2 Å². The highest BCUT2D eigenvalue weighted by atomic mass is 32.2. The number of hydrogen-bond acceptors (Lipinski definition) is 5. The topological polar surface area (TPSA) is 95.0 Å². The number of carbonyl (C=O) groups excluding carboxylic acids is 1. The maximum atomic E-state index is 13.1. The third-order valence-corrected chi connectivity index (χ3v) is 7.23. The number of ketones is 1. The van der Waals surface area contributed by atoms with Crippen LogP contribution in [0.2, 0.25) is 0 Å². The predicted molar refractivity (Wildman–Crippen MR) is 110 cm³/mol. The van der Waals surface area contributed by atoms with Crippen LogP contribution >= 0.6 is 11.8 Å². The summed E-state index contributed by atoms with van der Waals surface area (Å²) >= 11 is 1.46. The first-order chi connectivity index (χ1) is 13.4. The zero-order valence-corrected chi connectivity index (χ0v) is 17.1. The minimum atomic E-state index is -3.79. The Balaban J connectivity index is 1.72. The monoisotopic (exact) mass is 415 g/mol. The van der Waals surface area contributed by atoms with Crippen molar-refractivity contribution in [1.29, 1.82) is 0 Å². The van der Waals surface area contributed by atoms with E-state index in [1.165, 1.54) is 23.9 Å². The first kappa shape index (κ1) is 19.2. The number of rotatable bonds is 4. The Morgan fingerprint density at radius 3 is 2.79 bits per heavy atom. The van der Waals surface area contributed by atoms with Crippen molar-refractivity contribution in [3.63, 3.8) is 0 Å². The normalized spacial score (nSPS) is 17.5. The lowest BCUT2D eigenvalue weighted by molar-refractivity contribution is 0.0988. The van der Waals surface area contributed by atoms with Crippen LogP contribution in [-0.4, -0.2) is 29.0 Å². The summed E-state index contributed by atoms with van der Waals surface area (Å²) in [6.07, 6.45) is 2.64. The molecule has 3 aromatic rings. The average molecular weight is 416 g/mol. The van der Waals surface area contributed by atoms with Crippen LogP contribution in [0.25, 0.3) is 11.0 Å². The van der Waals surface area contributed by atoms with Gasteiger partial charge < -0.3 is 4.57 Å². The minimum Gasteiger partial charge on any atom is -0.319 e. The second kappa shape index (κ2) is 7.35. The number of thioether (sulfide) groups is 1. The van der Waals surface area contributed by atoms with Crippen LogP contribution in [0, 0.1) is 0 Å². The lowest BCUT2D eigenvalue weighted by Gasteiger charge is -2.14. The molecule has 146 valence electrons. The summed E-state index contributed by atoms with van der Waals surface area (Å²) in [7, 11) is -3.79. The van der Waals surface area contributed by atoms with Crippen molar-refractivity contribution in [2.45, 2.75) is 48.0 Å². The fourth-order valence-corrected chi connectivity index (χ4v) is 5.47. The molecular weight excluding hydrogens is 394 g/mol. The molecule has 0 saturated carbocycles. The van der Waals surface area contributed by atoms with Crippen molar-refractivity contribution in [1.82, 2.24) is 9.55 Å². The van der Waals surface area contributed by atoms with Gasteiger partial charge in [0.15, 0.2) is 10.9 Å². The molecule has 1 atom stereocenters. The van der Waals surface area contributed by atoms with E-state index in [0.717, 1.165) is 41.1 Å². The second-order valence-electron chi connectivity index (χ2n) is 6.85. The van der Waals surface area contributed by atoms with Crippen LogP contribution in [0.15, 0.2) is 52.5 Å². The summed E-state index contributed by atoms with van der Waals surface area (Å²) in [6.45, 7) is 2.67. The Morgan fingerprint density at radius 1 is 1.25 bits per heavy atom. The maximum Gasteiger partial charge on any atom is 0.238 e. The lowest BCUT2D eigenvalue weighted by atomic mass is 10.0. The van der Waals surface area contributed by atoms with Gasteiger partial charge in [0.1, 0.15) is 0 Å². The molecule has 0 fully saturated rings. The molecule has 1 heterocycles. The van der Waals surface area contributed by atoms with E-state index in [-0.39, 0.29) is 15.9 Å². The summed E-state index contributed by atoms with van der Waals surface area (Å²) in [5.74, 6) is 0.137. The number of nitrogens with two attached hydrogens (primary N) is 1. The van der Waals surface area contributed by atoms with E-state index in [1.807, 2.05) is 35.8 Å². The highest BCUT2D eigenvalue weighted by molar-refractivity contribution is 8.00. The first-order valence-corrected chi connectivity index (χ1v) is 11.6. The van der Waals surface area contributed by atoms with Crippen molar-refractivity contribution < 1.29 is 13.2 Å². The van der Waals surface area contributed by atoms with Gasteiger partial charge in [-0.15, -0.1) is 0 Å². The number of benzene rings is 2. The summed E-state index contributed by atoms with van der Waals surface area (Å²) in [5, 5.41) is 5.76. The largest absolute Gasteiger partial charge is 0.319 e. The summed E-state index contributed by atoms with van der Waals surface area (Å²) < 4.78 is 25.3. The number of aromatic nitrogens is 2. The Labute approximate surface area is 168 Å². The molecule has 2 aromatic carbocycles. The van der Waals surface area contributed by atoms with Crippen molar-refractivity contribution in [2.24, 2.45) is 5.14 Å². The van der Waals surface area contributed by atoms with Crippen LogP contribution in [0.4, 0.5) is 0 Å². The average Bonchev–Trinajstić information content (AvgIpc) is 2.94. The van der Waals surface area contributed by atoms with E-state index >= 15 is 0 Å². The number of imidazole rings is 1. The van der Waals surface area contributed by atoms with Gasteiger partial charge in [-0.1, -0.05) is 36.0 Å². The molecule has 8 heteroatoms. The maximum absolute atomic E-state index is 13.1. The van der Waals surface area contributed by atoms with Crippen molar-refractivity contribution in [2.75, 3.05) is 0 Å². The summed E-state index contributed by atoms with van der Waals surface area (Å²) in [6, 6.07) is 12.5. The fourth-order valence-electron chi connectivity index (χ4n) is 3.66. The summed E-state index contributed by atoms with van der Waals surface area (Å²) in [5.41, 5.74) is 3.31. The highest BCUT2D eigenvalue weighted by Crippen LogP contribution is 2.34. The van der Waals surface area contributed by atoms with E-state index in [4.69, 9.17) is 5.14 Å². The molecule has 0 bridgehead atoms.